The van der Waals surface area contributed by atoms with Crippen molar-refractivity contribution in [3.05, 3.63) is 0 Å². The summed E-state index contributed by atoms with van der Waals surface area (Å²) in [6.45, 7) is 7.61. The van der Waals surface area contributed by atoms with Crippen LogP contribution in [-0.2, 0) is 0 Å². The first-order chi connectivity index (χ1) is 10.0. The second-order valence-electron chi connectivity index (χ2n) is 7.30. The minimum atomic E-state index is 0.159. The molecule has 0 aromatic carbocycles. The number of nitrogens with two attached hydrogens (primary N) is 1. The van der Waals surface area contributed by atoms with E-state index in [4.69, 9.17) is 5.84 Å². The summed E-state index contributed by atoms with van der Waals surface area (Å²) in [6.07, 6.45) is 2.29. The minimum absolute atomic E-state index is 0.159. The smallest absolute Gasteiger partial charge is 0.319 e. The van der Waals surface area contributed by atoms with Crippen molar-refractivity contribution in [2.45, 2.75) is 12.8 Å². The highest BCUT2D eigenvalue weighted by Gasteiger charge is 2.39. The van der Waals surface area contributed by atoms with Gasteiger partial charge in [-0.2, -0.15) is 0 Å². The summed E-state index contributed by atoms with van der Waals surface area (Å²) >= 11 is 0. The van der Waals surface area contributed by atoms with Crippen LogP contribution in [0.15, 0.2) is 0 Å². The molecule has 2 N–H and O–H groups in total. The van der Waals surface area contributed by atoms with E-state index in [0.29, 0.717) is 0 Å². The van der Waals surface area contributed by atoms with E-state index in [0.717, 1.165) is 56.8 Å². The summed E-state index contributed by atoms with van der Waals surface area (Å²) in [7, 11) is 3.66. The molecule has 0 aliphatic carbocycles. The Labute approximate surface area is 127 Å². The highest BCUT2D eigenvalue weighted by atomic mass is 16.2. The van der Waals surface area contributed by atoms with Crippen molar-refractivity contribution in [3.63, 3.8) is 0 Å². The fourth-order valence-electron chi connectivity index (χ4n) is 4.23. The Morgan fingerprint density at radius 2 is 1.67 bits per heavy atom. The van der Waals surface area contributed by atoms with Crippen LogP contribution in [-0.4, -0.2) is 85.6 Å². The van der Waals surface area contributed by atoms with Crippen molar-refractivity contribution < 1.29 is 4.79 Å². The number of hydrazine groups is 1. The van der Waals surface area contributed by atoms with Gasteiger partial charge in [-0.3, -0.25) is 5.84 Å². The molecular formula is C15H29N5O. The molecule has 2 atom stereocenters. The topological polar surface area (TPSA) is 56.1 Å². The molecular weight excluding hydrogens is 266 g/mol. The molecule has 0 spiro atoms. The van der Waals surface area contributed by atoms with E-state index >= 15 is 0 Å². The van der Waals surface area contributed by atoms with Gasteiger partial charge in [0.25, 0.3) is 0 Å². The summed E-state index contributed by atoms with van der Waals surface area (Å²) in [5, 5.41) is 1.98. The molecule has 3 aliphatic heterocycles. The molecule has 0 bridgehead atoms. The minimum Gasteiger partial charge on any atom is -0.331 e. The third-order valence-corrected chi connectivity index (χ3v) is 5.37. The lowest BCUT2D eigenvalue weighted by atomic mass is 9.96. The molecule has 2 amide bonds. The molecule has 0 unspecified atom stereocenters. The quantitative estimate of drug-likeness (QED) is 0.735. The number of amides is 2. The number of hydrogen-bond donors (Lipinski definition) is 1. The summed E-state index contributed by atoms with van der Waals surface area (Å²) in [5.41, 5.74) is 0. The SMILES string of the molecule is CN(C)C(=O)N1CCC(CN2C[C@H]3CN(N)C[C@H]3C2)CC1. The van der Waals surface area contributed by atoms with Gasteiger partial charge in [0, 0.05) is 59.9 Å². The molecule has 3 saturated heterocycles. The molecule has 0 aromatic rings. The van der Waals surface area contributed by atoms with Crippen molar-refractivity contribution in [3.8, 4) is 0 Å². The Morgan fingerprint density at radius 1 is 1.10 bits per heavy atom. The zero-order valence-corrected chi connectivity index (χ0v) is 13.4. The van der Waals surface area contributed by atoms with Crippen LogP contribution in [0.5, 0.6) is 0 Å². The Bertz CT molecular complexity index is 366. The Balaban J connectivity index is 1.41. The first-order valence-corrected chi connectivity index (χ1v) is 8.21. The molecule has 0 radical (unpaired) electrons. The highest BCUT2D eigenvalue weighted by Crippen LogP contribution is 2.31. The fraction of sp³-hybridized carbons (Fsp3) is 0.933. The molecule has 21 heavy (non-hydrogen) atoms. The Hall–Kier alpha value is -0.850. The van der Waals surface area contributed by atoms with Crippen LogP contribution in [0.1, 0.15) is 12.8 Å². The van der Waals surface area contributed by atoms with Crippen LogP contribution in [0.3, 0.4) is 0 Å². The van der Waals surface area contributed by atoms with Gasteiger partial charge in [-0.1, -0.05) is 0 Å². The second-order valence-corrected chi connectivity index (χ2v) is 7.30. The van der Waals surface area contributed by atoms with Gasteiger partial charge >= 0.3 is 6.03 Å². The van der Waals surface area contributed by atoms with Crippen LogP contribution in [0.4, 0.5) is 4.79 Å². The van der Waals surface area contributed by atoms with Gasteiger partial charge in [0.15, 0.2) is 0 Å². The number of carbonyl (C=O) groups excluding carboxylic acids is 1. The largest absolute Gasteiger partial charge is 0.331 e. The van der Waals surface area contributed by atoms with Crippen LogP contribution in [0, 0.1) is 17.8 Å². The number of urea groups is 1. The number of nitrogens with zero attached hydrogens (tertiary/aromatic N) is 4. The highest BCUT2D eigenvalue weighted by molar-refractivity contribution is 5.73. The second kappa shape index (κ2) is 6.10. The number of carbonyl (C=O) groups is 1. The van der Waals surface area contributed by atoms with E-state index in [1.807, 2.05) is 24.0 Å². The lowest BCUT2D eigenvalue weighted by molar-refractivity contribution is 0.133. The van der Waals surface area contributed by atoms with Crippen LogP contribution < -0.4 is 5.84 Å². The maximum absolute atomic E-state index is 11.9. The standard InChI is InChI=1S/C15H29N5O/c1-17(2)15(21)19-5-3-12(4-6-19)7-18-8-13-10-20(16)11-14(13)9-18/h12-14H,3-11,16H2,1-2H3/t13-,14+. The van der Waals surface area contributed by atoms with Crippen LogP contribution in [0.2, 0.25) is 0 Å². The maximum atomic E-state index is 11.9. The zero-order chi connectivity index (χ0) is 15.0. The van der Waals surface area contributed by atoms with E-state index in [9.17, 15) is 4.79 Å². The summed E-state index contributed by atoms with van der Waals surface area (Å²) < 4.78 is 0. The maximum Gasteiger partial charge on any atom is 0.319 e. The normalized spacial score (nSPS) is 31.7. The van der Waals surface area contributed by atoms with Crippen LogP contribution in [0.25, 0.3) is 0 Å². The van der Waals surface area contributed by atoms with Gasteiger partial charge < -0.3 is 14.7 Å². The number of fused-ring (bicyclic) bond motifs is 1. The molecule has 6 heteroatoms. The lowest BCUT2D eigenvalue weighted by Gasteiger charge is -2.35. The van der Waals surface area contributed by atoms with Crippen molar-refractivity contribution >= 4 is 6.03 Å². The number of likely N-dealkylation sites (tertiary alicyclic amines) is 2. The van der Waals surface area contributed by atoms with Crippen molar-refractivity contribution in [2.75, 3.05) is 59.9 Å². The fourth-order valence-corrected chi connectivity index (χ4v) is 4.23. The first kappa shape index (κ1) is 15.1. The average Bonchev–Trinajstić information content (AvgIpc) is 2.95. The van der Waals surface area contributed by atoms with E-state index < -0.39 is 0 Å². The number of rotatable bonds is 2. The zero-order valence-electron chi connectivity index (χ0n) is 13.4. The van der Waals surface area contributed by atoms with E-state index in [1.165, 1.54) is 19.6 Å². The predicted octanol–water partition coefficient (Wildman–Crippen LogP) is 0.117. The van der Waals surface area contributed by atoms with Crippen molar-refractivity contribution in [2.24, 2.45) is 23.6 Å². The molecule has 0 saturated carbocycles. The van der Waals surface area contributed by atoms with Gasteiger partial charge in [-0.05, 0) is 30.6 Å². The van der Waals surface area contributed by atoms with Gasteiger partial charge in [0.2, 0.25) is 0 Å². The first-order valence-electron chi connectivity index (χ1n) is 8.21. The van der Waals surface area contributed by atoms with Gasteiger partial charge in [-0.15, -0.1) is 0 Å². The third kappa shape index (κ3) is 3.33. The van der Waals surface area contributed by atoms with Crippen LogP contribution >= 0.6 is 0 Å². The molecule has 3 aliphatic rings. The Kier molecular flexibility index (Phi) is 4.38. The monoisotopic (exact) mass is 295 g/mol. The lowest BCUT2D eigenvalue weighted by Crippen LogP contribution is -2.45. The molecule has 3 heterocycles. The number of piperidine rings is 1. The summed E-state index contributed by atoms with van der Waals surface area (Å²) in [4.78, 5) is 18.2. The van der Waals surface area contributed by atoms with Gasteiger partial charge in [-0.25, -0.2) is 9.80 Å². The third-order valence-electron chi connectivity index (χ3n) is 5.37. The van der Waals surface area contributed by atoms with E-state index in [-0.39, 0.29) is 6.03 Å². The summed E-state index contributed by atoms with van der Waals surface area (Å²) in [6, 6.07) is 0.159. The summed E-state index contributed by atoms with van der Waals surface area (Å²) in [5.74, 6) is 8.22. The van der Waals surface area contributed by atoms with Gasteiger partial charge in [0.1, 0.15) is 0 Å². The molecule has 6 nitrogen and oxygen atoms in total. The molecule has 3 fully saturated rings. The van der Waals surface area contributed by atoms with E-state index in [2.05, 4.69) is 4.90 Å². The van der Waals surface area contributed by atoms with E-state index in [1.54, 1.807) is 4.90 Å². The Morgan fingerprint density at radius 3 is 2.19 bits per heavy atom. The molecule has 3 rings (SSSR count). The average molecular weight is 295 g/mol. The van der Waals surface area contributed by atoms with Gasteiger partial charge in [0.05, 0.1) is 0 Å². The van der Waals surface area contributed by atoms with Crippen molar-refractivity contribution in [1.29, 1.82) is 0 Å². The molecule has 0 aromatic heterocycles. The predicted molar refractivity (Wildman–Crippen MR) is 82.6 cm³/mol. The number of hydrogen-bond acceptors (Lipinski definition) is 4. The molecule has 120 valence electrons. The van der Waals surface area contributed by atoms with Crippen molar-refractivity contribution in [1.82, 2.24) is 19.7 Å².